The number of unbranched alkanes of at least 4 members (excludes halogenated alkanes) is 4. The van der Waals surface area contributed by atoms with Gasteiger partial charge < -0.3 is 34.0 Å². The van der Waals surface area contributed by atoms with Gasteiger partial charge in [0, 0.05) is 79.9 Å². The van der Waals surface area contributed by atoms with Crippen molar-refractivity contribution < 1.29 is 36.0 Å². The van der Waals surface area contributed by atoms with Crippen LogP contribution in [0.4, 0.5) is 11.4 Å². The number of aliphatic imine (C=N–C) groups is 2. The Balaban J connectivity index is 0.892. The molecule has 0 amide bonds. The van der Waals surface area contributed by atoms with Crippen LogP contribution in [0.5, 0.6) is 5.75 Å². The number of anilines is 1. The van der Waals surface area contributed by atoms with E-state index in [1.807, 2.05) is 30.3 Å². The van der Waals surface area contributed by atoms with Gasteiger partial charge in [0.15, 0.2) is 17.4 Å². The number of quaternary nitrogens is 2. The van der Waals surface area contributed by atoms with Gasteiger partial charge in [-0.1, -0.05) is 87.0 Å². The monoisotopic (exact) mass is 1170 g/mol. The highest BCUT2D eigenvalue weighted by Crippen LogP contribution is 2.48. The molecule has 0 aromatic heterocycles. The van der Waals surface area contributed by atoms with Crippen molar-refractivity contribution in [3.63, 3.8) is 0 Å². The maximum absolute atomic E-state index is 11.6. The van der Waals surface area contributed by atoms with E-state index in [9.17, 15) is 13.0 Å². The Labute approximate surface area is 502 Å². The van der Waals surface area contributed by atoms with Gasteiger partial charge in [0.2, 0.25) is 5.69 Å². The van der Waals surface area contributed by atoms with Gasteiger partial charge in [0.05, 0.1) is 77.7 Å². The number of likely N-dealkylation sites (N-methyl/N-ethyl adjacent to an activating group) is 1. The molecule has 446 valence electrons. The number of morpholine rings is 1. The molecule has 3 heterocycles. The molecule has 3 aliphatic heterocycles. The number of hydrogen-bond donors (Lipinski definition) is 3. The van der Waals surface area contributed by atoms with Crippen molar-refractivity contribution in [2.75, 3.05) is 117 Å². The van der Waals surface area contributed by atoms with E-state index >= 15 is 0 Å². The summed E-state index contributed by atoms with van der Waals surface area (Å²) in [6.07, 6.45) is 20.6. The summed E-state index contributed by atoms with van der Waals surface area (Å²) in [5.74, 6) is 1.44. The van der Waals surface area contributed by atoms with Crippen LogP contribution in [-0.4, -0.2) is 155 Å². The molecule has 4 aromatic carbocycles. The van der Waals surface area contributed by atoms with E-state index in [0.29, 0.717) is 24.5 Å². The zero-order valence-electron chi connectivity index (χ0n) is 50.9. The second kappa shape index (κ2) is 29.4. The highest BCUT2D eigenvalue weighted by atomic mass is 32.2. The lowest BCUT2D eigenvalue weighted by molar-refractivity contribution is -0.916. The molecule has 4 aromatic rings. The number of ether oxygens (including phenoxy) is 2. The summed E-state index contributed by atoms with van der Waals surface area (Å²) in [6, 6.07) is 34.8. The summed E-state index contributed by atoms with van der Waals surface area (Å²) in [5, 5.41) is 10.3. The Morgan fingerprint density at radius 3 is 2.29 bits per heavy atom. The lowest BCUT2D eigenvalue weighted by atomic mass is 9.78. The average molecular weight is 1170 g/mol. The van der Waals surface area contributed by atoms with Gasteiger partial charge in [-0.05, 0) is 141 Å². The van der Waals surface area contributed by atoms with Crippen molar-refractivity contribution in [3.05, 3.63) is 149 Å². The molecule has 3 N–H and O–H groups in total. The maximum Gasteiger partial charge on any atom is 0.264 e. The third kappa shape index (κ3) is 17.4. The summed E-state index contributed by atoms with van der Waals surface area (Å²) in [5.41, 5.74) is 9.07. The fraction of sp³-hybridized carbons (Fsp3) is 0.515. The van der Waals surface area contributed by atoms with Gasteiger partial charge >= 0.3 is 0 Å². The van der Waals surface area contributed by atoms with Gasteiger partial charge in [-0.2, -0.15) is 13.0 Å². The number of fused-ring (bicyclic) bond motifs is 4. The first-order chi connectivity index (χ1) is 39.9. The standard InChI is InChI=1S/C68H93N8O5S2/c1-67(2)59-31-15-16-32-60(59)73(43-18-20-52-83(77,78)79)62(67)37-34-55-26-21-27-56(65(55)81-57-28-11-10-12-29-57)35-38-63-68(3,4)64-58-30-14-13-25-54(58)33-36-61(64)74(63)44-22-41-71-66(82)72-42-24-46-75(5,6)45-19-9-8-17-39-69-53-70-40-23-47-76(7)48-50-80-51-49-76/h10-16,25,28-38H,8-9,17-24,26-27,39-52H2,1-7H3,(H-2,71,72,77,78,79,82)/q+1/p+2. The molecule has 0 radical (unpaired) electrons. The molecule has 1 fully saturated rings. The largest absolute Gasteiger partial charge is 0.457 e. The summed E-state index contributed by atoms with van der Waals surface area (Å²) >= 11 is 5.83. The van der Waals surface area contributed by atoms with Crippen LogP contribution < -0.4 is 20.3 Å². The van der Waals surface area contributed by atoms with E-state index in [4.69, 9.17) is 21.7 Å². The van der Waals surface area contributed by atoms with Gasteiger partial charge in [-0.25, -0.2) is 9.98 Å². The molecule has 83 heavy (non-hydrogen) atoms. The highest BCUT2D eigenvalue weighted by Gasteiger charge is 2.46. The van der Waals surface area contributed by atoms with Crippen molar-refractivity contribution in [3.8, 4) is 5.75 Å². The topological polar surface area (TPSA) is 128 Å². The van der Waals surface area contributed by atoms with E-state index in [2.05, 4.69) is 170 Å². The normalized spacial score (nSPS) is 18.4. The molecule has 8 rings (SSSR count). The Morgan fingerprint density at radius 2 is 1.51 bits per heavy atom. The Hall–Kier alpha value is -5.77. The van der Waals surface area contributed by atoms with E-state index in [1.165, 1.54) is 52.6 Å². The Morgan fingerprint density at radius 1 is 0.807 bits per heavy atom. The molecule has 15 heteroatoms. The lowest BCUT2D eigenvalue weighted by Crippen LogP contribution is -2.52. The maximum atomic E-state index is 11.6. The quantitative estimate of drug-likeness (QED) is 0.0122. The van der Waals surface area contributed by atoms with Crippen LogP contribution in [0.3, 0.4) is 0 Å². The molecule has 0 atom stereocenters. The predicted octanol–water partition coefficient (Wildman–Crippen LogP) is 12.5. The summed E-state index contributed by atoms with van der Waals surface area (Å²) in [7, 11) is 2.97. The average Bonchev–Trinajstić information content (AvgIpc) is 3.10. The molecule has 1 aliphatic carbocycles. The number of nitrogens with one attached hydrogen (secondary N) is 2. The zero-order chi connectivity index (χ0) is 58.9. The van der Waals surface area contributed by atoms with Crippen molar-refractivity contribution in [1.82, 2.24) is 10.6 Å². The molecule has 0 unspecified atom stereocenters. The van der Waals surface area contributed by atoms with Crippen LogP contribution in [0.1, 0.15) is 116 Å². The minimum absolute atomic E-state index is 0.246. The fourth-order valence-corrected chi connectivity index (χ4v) is 13.4. The molecular formula is C68H95N8O5S2+3. The molecule has 13 nitrogen and oxygen atoms in total. The minimum Gasteiger partial charge on any atom is -0.457 e. The summed E-state index contributed by atoms with van der Waals surface area (Å²) in [6.45, 7) is 21.2. The first kappa shape index (κ1) is 63.3. The van der Waals surface area contributed by atoms with Gasteiger partial charge in [-0.3, -0.25) is 4.55 Å². The first-order valence-electron chi connectivity index (χ1n) is 30.7. The second-order valence-electron chi connectivity index (χ2n) is 25.1. The first-order valence-corrected chi connectivity index (χ1v) is 32.8. The minimum atomic E-state index is -4.03. The SMILES string of the molecule is CC1(C)C(/C=C/C2=C(Oc3ccccc3)C(=C/C=C3/N(CCCCS(=O)(=O)O)c4ccccc4C3(C)C)/CCC2)=[N+](CCCNC(=S)NCCC[N+](C)(C)CCCCCCN=C=NCCC[N+]2(C)CCOCC2)c2ccc3ccccc3c21. The molecule has 0 bridgehead atoms. The van der Waals surface area contributed by atoms with Gasteiger partial charge in [0.25, 0.3) is 10.1 Å². The lowest BCUT2D eigenvalue weighted by Gasteiger charge is -2.37. The van der Waals surface area contributed by atoms with Crippen LogP contribution in [0.15, 0.2) is 148 Å². The molecule has 4 aliphatic rings. The number of thiocarbonyl (C=S) groups is 1. The van der Waals surface area contributed by atoms with Gasteiger partial charge in [0.1, 0.15) is 24.6 Å². The van der Waals surface area contributed by atoms with Crippen LogP contribution >= 0.6 is 12.2 Å². The third-order valence-electron chi connectivity index (χ3n) is 17.4. The summed E-state index contributed by atoms with van der Waals surface area (Å²) < 4.78 is 49.8. The number of para-hydroxylation sites is 2. The number of nitrogens with zero attached hydrogens (tertiary/aromatic N) is 6. The molecule has 1 saturated heterocycles. The number of benzene rings is 4. The molecular weight excluding hydrogens is 1070 g/mol. The Kier molecular flexibility index (Phi) is 22.4. The van der Waals surface area contributed by atoms with Crippen LogP contribution in [-0.2, 0) is 25.7 Å². The third-order valence-corrected chi connectivity index (χ3v) is 18.5. The van der Waals surface area contributed by atoms with Crippen LogP contribution in [0.2, 0.25) is 0 Å². The van der Waals surface area contributed by atoms with E-state index < -0.39 is 10.1 Å². The van der Waals surface area contributed by atoms with Crippen molar-refractivity contribution in [1.29, 1.82) is 0 Å². The predicted molar refractivity (Wildman–Crippen MR) is 346 cm³/mol. The van der Waals surface area contributed by atoms with Crippen molar-refractivity contribution >= 4 is 61.3 Å². The molecule has 0 saturated carbocycles. The summed E-state index contributed by atoms with van der Waals surface area (Å²) in [4.78, 5) is 11.2. The van der Waals surface area contributed by atoms with Crippen molar-refractivity contribution in [2.45, 2.75) is 116 Å². The zero-order valence-corrected chi connectivity index (χ0v) is 52.6. The highest BCUT2D eigenvalue weighted by molar-refractivity contribution is 7.85. The number of hydrogen-bond acceptors (Lipinski definition) is 8. The van der Waals surface area contributed by atoms with E-state index in [-0.39, 0.29) is 16.6 Å². The van der Waals surface area contributed by atoms with Crippen LogP contribution in [0, 0.1) is 0 Å². The second-order valence-corrected chi connectivity index (χ2v) is 27.1. The molecule has 0 spiro atoms. The number of rotatable bonds is 29. The van der Waals surface area contributed by atoms with Crippen LogP contribution in [0.25, 0.3) is 10.8 Å². The van der Waals surface area contributed by atoms with E-state index in [1.54, 1.807) is 0 Å². The van der Waals surface area contributed by atoms with Crippen molar-refractivity contribution in [2.24, 2.45) is 9.98 Å². The van der Waals surface area contributed by atoms with E-state index in [0.717, 1.165) is 167 Å². The van der Waals surface area contributed by atoms with Gasteiger partial charge in [-0.15, -0.1) is 0 Å². The smallest absolute Gasteiger partial charge is 0.264 e. The Bertz CT molecular complexity index is 3200. The fourth-order valence-electron chi connectivity index (χ4n) is 12.6. The number of allylic oxidation sites excluding steroid dienone is 7.